The molecular formula is C30H46NdO4P-. The van der Waals surface area contributed by atoms with E-state index in [2.05, 4.69) is 13.8 Å². The minimum Gasteiger partial charge on any atom is -0.736 e. The predicted octanol–water partition coefficient (Wildman–Crippen LogP) is 9.20. The molecule has 0 aliphatic carbocycles. The van der Waals surface area contributed by atoms with Crippen LogP contribution in [0.2, 0.25) is 0 Å². The summed E-state index contributed by atoms with van der Waals surface area (Å²) in [4.78, 5) is 12.8. The summed E-state index contributed by atoms with van der Waals surface area (Å²) in [7, 11) is -4.56. The molecule has 0 spiro atoms. The molecule has 0 fully saturated rings. The van der Waals surface area contributed by atoms with E-state index in [4.69, 9.17) is 9.05 Å². The van der Waals surface area contributed by atoms with Crippen molar-refractivity contribution in [1.82, 2.24) is 0 Å². The number of benzene rings is 2. The van der Waals surface area contributed by atoms with Crippen LogP contribution in [0.4, 0.5) is 0 Å². The van der Waals surface area contributed by atoms with Gasteiger partial charge in [0, 0.05) is 40.8 Å². The fraction of sp³-hybridized carbons (Fsp3) is 0.600. The van der Waals surface area contributed by atoms with E-state index in [0.29, 0.717) is 11.5 Å². The van der Waals surface area contributed by atoms with Gasteiger partial charge in [-0.25, -0.2) is 4.57 Å². The Balaban J connectivity index is 0.00000648. The molecule has 0 amide bonds. The number of hydrogen-bond donors (Lipinski definition) is 0. The molecule has 0 unspecified atom stereocenters. The maximum Gasteiger partial charge on any atom is 0.372 e. The van der Waals surface area contributed by atoms with Gasteiger partial charge in [0.05, 0.1) is 0 Å². The second-order valence-electron chi connectivity index (χ2n) is 9.59. The van der Waals surface area contributed by atoms with Crippen molar-refractivity contribution >= 4 is 7.82 Å². The van der Waals surface area contributed by atoms with Crippen LogP contribution in [0, 0.1) is 40.8 Å². The van der Waals surface area contributed by atoms with Crippen LogP contribution < -0.4 is 13.9 Å². The minimum absolute atomic E-state index is 0. The van der Waals surface area contributed by atoms with Crippen LogP contribution in [0.5, 0.6) is 11.5 Å². The molecule has 0 aromatic heterocycles. The number of aryl methyl sites for hydroxylation is 2. The molecule has 0 aliphatic heterocycles. The van der Waals surface area contributed by atoms with Crippen LogP contribution in [-0.4, -0.2) is 0 Å². The largest absolute Gasteiger partial charge is 0.736 e. The van der Waals surface area contributed by atoms with Gasteiger partial charge < -0.3 is 13.9 Å². The third-order valence-electron chi connectivity index (χ3n) is 6.46. The van der Waals surface area contributed by atoms with Gasteiger partial charge in [0.15, 0.2) is 0 Å². The summed E-state index contributed by atoms with van der Waals surface area (Å²) in [5.41, 5.74) is 1.83. The Hall–Kier alpha value is -0.419. The molecule has 0 radical (unpaired) electrons. The zero-order valence-corrected chi connectivity index (χ0v) is 26.6. The first kappa shape index (κ1) is 33.6. The van der Waals surface area contributed by atoms with Gasteiger partial charge in [0.2, 0.25) is 0 Å². The SMILES string of the molecule is CCCCCCCCCc1ccccc1OP(=O)([O-])Oc1ccccc1CCCCCCCCC.[Nd]. The van der Waals surface area contributed by atoms with Crippen LogP contribution in [-0.2, 0) is 17.4 Å². The van der Waals surface area contributed by atoms with Crippen molar-refractivity contribution in [2.24, 2.45) is 0 Å². The van der Waals surface area contributed by atoms with Gasteiger partial charge in [-0.05, 0) is 48.9 Å². The van der Waals surface area contributed by atoms with Crippen LogP contribution in [0.15, 0.2) is 48.5 Å². The average molecular weight is 646 g/mol. The van der Waals surface area contributed by atoms with Crippen molar-refractivity contribution in [2.45, 2.75) is 117 Å². The third-order valence-corrected chi connectivity index (χ3v) is 7.31. The summed E-state index contributed by atoms with van der Waals surface area (Å²) in [5, 5.41) is 0. The Kier molecular flexibility index (Phi) is 19.2. The second-order valence-corrected chi connectivity index (χ2v) is 10.8. The molecule has 36 heavy (non-hydrogen) atoms. The van der Waals surface area contributed by atoms with E-state index in [1.165, 1.54) is 64.2 Å². The number of phosphoric ester groups is 1. The van der Waals surface area contributed by atoms with Gasteiger partial charge in [0.25, 0.3) is 0 Å². The van der Waals surface area contributed by atoms with E-state index >= 15 is 0 Å². The van der Waals surface area contributed by atoms with Crippen molar-refractivity contribution in [3.05, 3.63) is 59.7 Å². The topological polar surface area (TPSA) is 58.6 Å². The number of rotatable bonds is 20. The van der Waals surface area contributed by atoms with Gasteiger partial charge in [0.1, 0.15) is 11.5 Å². The molecule has 0 aliphatic rings. The van der Waals surface area contributed by atoms with E-state index in [1.807, 2.05) is 24.3 Å². The Bertz CT molecular complexity index is 806. The van der Waals surface area contributed by atoms with Gasteiger partial charge in [-0.2, -0.15) is 0 Å². The minimum atomic E-state index is -4.56. The molecular weight excluding hydrogens is 600 g/mol. The van der Waals surface area contributed by atoms with Crippen molar-refractivity contribution in [3.63, 3.8) is 0 Å². The van der Waals surface area contributed by atoms with E-state index in [-0.39, 0.29) is 40.8 Å². The van der Waals surface area contributed by atoms with Gasteiger partial charge >= 0.3 is 7.82 Å². The quantitative estimate of drug-likeness (QED) is 0.106. The summed E-state index contributed by atoms with van der Waals surface area (Å²) in [6, 6.07) is 14.8. The second kappa shape index (κ2) is 20.5. The molecule has 4 nitrogen and oxygen atoms in total. The Morgan fingerprint density at radius 2 is 0.917 bits per heavy atom. The smallest absolute Gasteiger partial charge is 0.372 e. The molecule has 6 heteroatoms. The molecule has 2 rings (SSSR count). The molecule has 0 heterocycles. The maximum absolute atomic E-state index is 12.8. The normalized spacial score (nSPS) is 11.2. The molecule has 0 atom stereocenters. The molecule has 2 aromatic carbocycles. The van der Waals surface area contributed by atoms with Crippen LogP contribution in [0.1, 0.15) is 115 Å². The Morgan fingerprint density at radius 3 is 1.31 bits per heavy atom. The summed E-state index contributed by atoms with van der Waals surface area (Å²) < 4.78 is 23.7. The van der Waals surface area contributed by atoms with Crippen molar-refractivity contribution in [2.75, 3.05) is 0 Å². The number of phosphoric acid groups is 1. The van der Waals surface area contributed by atoms with Crippen molar-refractivity contribution < 1.29 is 59.3 Å². The van der Waals surface area contributed by atoms with Crippen LogP contribution in [0.25, 0.3) is 0 Å². The summed E-state index contributed by atoms with van der Waals surface area (Å²) in [6.07, 6.45) is 18.7. The van der Waals surface area contributed by atoms with Gasteiger partial charge in [-0.3, -0.25) is 0 Å². The molecule has 2 aromatic rings. The monoisotopic (exact) mass is 643 g/mol. The number of para-hydroxylation sites is 2. The number of hydrogen-bond acceptors (Lipinski definition) is 4. The summed E-state index contributed by atoms with van der Waals surface area (Å²) >= 11 is 0. The van der Waals surface area contributed by atoms with E-state index in [9.17, 15) is 9.46 Å². The summed E-state index contributed by atoms with van der Waals surface area (Å²) in [6.45, 7) is 4.45. The zero-order valence-electron chi connectivity index (χ0n) is 22.5. The molecule has 0 saturated carbocycles. The fourth-order valence-corrected chi connectivity index (χ4v) is 5.28. The van der Waals surface area contributed by atoms with Crippen LogP contribution in [0.3, 0.4) is 0 Å². The van der Waals surface area contributed by atoms with Gasteiger partial charge in [-0.15, -0.1) is 0 Å². The van der Waals surface area contributed by atoms with E-state index in [1.54, 1.807) is 24.3 Å². The first-order valence-corrected chi connectivity index (χ1v) is 15.4. The van der Waals surface area contributed by atoms with E-state index < -0.39 is 7.82 Å². The van der Waals surface area contributed by atoms with Crippen molar-refractivity contribution in [1.29, 1.82) is 0 Å². The first-order valence-electron chi connectivity index (χ1n) is 13.9. The first-order chi connectivity index (χ1) is 17.1. The molecule has 200 valence electrons. The Labute approximate surface area is 253 Å². The van der Waals surface area contributed by atoms with Crippen LogP contribution >= 0.6 is 7.82 Å². The molecule has 0 N–H and O–H groups in total. The Morgan fingerprint density at radius 1 is 0.583 bits per heavy atom. The number of unbranched alkanes of at least 4 members (excludes halogenated alkanes) is 12. The summed E-state index contributed by atoms with van der Waals surface area (Å²) in [5.74, 6) is 0.753. The predicted molar refractivity (Wildman–Crippen MR) is 145 cm³/mol. The zero-order chi connectivity index (χ0) is 25.2. The third kappa shape index (κ3) is 14.5. The van der Waals surface area contributed by atoms with Crippen molar-refractivity contribution in [3.8, 4) is 11.5 Å². The average Bonchev–Trinajstić information content (AvgIpc) is 2.84. The molecule has 0 bridgehead atoms. The van der Waals surface area contributed by atoms with E-state index in [0.717, 1.165) is 49.7 Å². The maximum atomic E-state index is 12.8. The standard InChI is InChI=1S/C30H47O4P.Nd/c1-3-5-7-9-11-13-15-21-27-23-17-19-25-29(27)33-35(31,32)34-30-26-20-18-24-28(30)22-16-14-12-10-8-6-4-2;/h17-20,23-26H,3-16,21-22H2,1-2H3,(H,31,32);/p-1. The molecule has 0 saturated heterocycles. The fourth-order valence-electron chi connectivity index (χ4n) is 4.40. The van der Waals surface area contributed by atoms with Gasteiger partial charge in [-0.1, -0.05) is 127 Å².